The zero-order valence-electron chi connectivity index (χ0n) is 17.0. The van der Waals surface area contributed by atoms with Crippen molar-refractivity contribution in [1.29, 1.82) is 0 Å². The Bertz CT molecular complexity index is 983. The van der Waals surface area contributed by atoms with Crippen molar-refractivity contribution in [3.63, 3.8) is 0 Å². The molecule has 1 aromatic heterocycles. The number of hydrogen-bond donors (Lipinski definition) is 2. The molecule has 1 unspecified atom stereocenters. The number of amides is 1. The van der Waals surface area contributed by atoms with Crippen LogP contribution in [-0.2, 0) is 4.79 Å². The van der Waals surface area contributed by atoms with Gasteiger partial charge in [-0.05, 0) is 24.3 Å². The maximum absolute atomic E-state index is 11.1. The zero-order chi connectivity index (χ0) is 20.9. The van der Waals surface area contributed by atoms with Gasteiger partial charge in [0.25, 0.3) is 0 Å². The van der Waals surface area contributed by atoms with Gasteiger partial charge in [-0.2, -0.15) is 0 Å². The van der Waals surface area contributed by atoms with Crippen molar-refractivity contribution in [3.8, 4) is 17.2 Å². The summed E-state index contributed by atoms with van der Waals surface area (Å²) in [6, 6.07) is 15.2. The second-order valence-electron chi connectivity index (χ2n) is 7.44. The van der Waals surface area contributed by atoms with Gasteiger partial charge in [0.15, 0.2) is 5.58 Å². The highest BCUT2D eigenvalue weighted by molar-refractivity contribution is 5.77. The van der Waals surface area contributed by atoms with Gasteiger partial charge >= 0.3 is 0 Å². The van der Waals surface area contributed by atoms with Gasteiger partial charge in [-0.15, -0.1) is 0 Å². The van der Waals surface area contributed by atoms with E-state index in [1.54, 1.807) is 0 Å². The van der Waals surface area contributed by atoms with E-state index in [1.807, 2.05) is 53.5 Å². The predicted octanol–water partition coefficient (Wildman–Crippen LogP) is 1.90. The normalized spacial score (nSPS) is 16.5. The molecular formula is C22H26N4O4. The van der Waals surface area contributed by atoms with Crippen molar-refractivity contribution in [2.24, 2.45) is 0 Å². The van der Waals surface area contributed by atoms with Crippen molar-refractivity contribution in [2.75, 3.05) is 39.3 Å². The number of carbonyl (C=O) groups excluding carboxylic acids is 1. The highest BCUT2D eigenvalue weighted by Crippen LogP contribution is 2.26. The third-order valence-corrected chi connectivity index (χ3v) is 4.98. The number of benzene rings is 2. The van der Waals surface area contributed by atoms with Crippen molar-refractivity contribution in [1.82, 2.24) is 20.3 Å². The van der Waals surface area contributed by atoms with E-state index in [0.717, 1.165) is 37.3 Å². The fourth-order valence-corrected chi connectivity index (χ4v) is 3.51. The first kappa shape index (κ1) is 20.3. The Hall–Kier alpha value is -2.94. The average molecular weight is 410 g/mol. The Morgan fingerprint density at radius 1 is 1.20 bits per heavy atom. The molecule has 0 aliphatic carbocycles. The summed E-state index contributed by atoms with van der Waals surface area (Å²) in [6.07, 6.45) is -0.606. The Labute approximate surface area is 175 Å². The van der Waals surface area contributed by atoms with E-state index >= 15 is 0 Å². The molecule has 3 aromatic rings. The molecule has 2 N–H and O–H groups in total. The summed E-state index contributed by atoms with van der Waals surface area (Å²) in [5.74, 6) is 1.16. The smallest absolute Gasteiger partial charge is 0.231 e. The Morgan fingerprint density at radius 3 is 2.70 bits per heavy atom. The molecule has 8 heteroatoms. The Balaban J connectivity index is 1.29. The molecule has 1 aliphatic heterocycles. The number of aliphatic hydroxyl groups is 1. The predicted molar refractivity (Wildman–Crippen MR) is 113 cm³/mol. The van der Waals surface area contributed by atoms with Crippen LogP contribution in [0.2, 0.25) is 0 Å². The minimum atomic E-state index is -0.606. The third kappa shape index (κ3) is 5.15. The molecule has 0 spiro atoms. The number of carbonyl (C=O) groups is 1. The lowest BCUT2D eigenvalue weighted by molar-refractivity contribution is -0.124. The monoisotopic (exact) mass is 410 g/mol. The maximum Gasteiger partial charge on any atom is 0.231 e. The molecule has 0 radical (unpaired) electrons. The molecule has 2 aromatic carbocycles. The highest BCUT2D eigenvalue weighted by atomic mass is 16.5. The molecule has 30 heavy (non-hydrogen) atoms. The van der Waals surface area contributed by atoms with Crippen LogP contribution < -0.4 is 10.2 Å². The number of ether oxygens (including phenoxy) is 1. The van der Waals surface area contributed by atoms with Crippen LogP contribution in [0.4, 0.5) is 0 Å². The standard InChI is InChI=1S/C22H26N4O4/c1-16(27)24-26-11-9-25(10-12-26)14-18(28)15-29-19-7-8-21-20(13-19)23-22(30-21)17-5-3-2-4-6-17/h2-8,13,18,28H,9-12,14-15H2,1H3,(H,24,27). The van der Waals surface area contributed by atoms with Crippen LogP contribution in [0.15, 0.2) is 52.9 Å². The van der Waals surface area contributed by atoms with Crippen LogP contribution in [0.25, 0.3) is 22.6 Å². The lowest BCUT2D eigenvalue weighted by atomic mass is 10.2. The topological polar surface area (TPSA) is 91.1 Å². The van der Waals surface area contributed by atoms with Crippen molar-refractivity contribution >= 4 is 17.0 Å². The zero-order valence-corrected chi connectivity index (χ0v) is 17.0. The van der Waals surface area contributed by atoms with Crippen LogP contribution in [0.3, 0.4) is 0 Å². The second kappa shape index (κ2) is 9.25. The third-order valence-electron chi connectivity index (χ3n) is 4.98. The second-order valence-corrected chi connectivity index (χ2v) is 7.44. The SMILES string of the molecule is CC(=O)NN1CCN(CC(O)COc2ccc3oc(-c4ccccc4)nc3c2)CC1. The molecule has 1 aliphatic rings. The average Bonchev–Trinajstić information content (AvgIpc) is 3.17. The molecular weight excluding hydrogens is 384 g/mol. The van der Waals surface area contributed by atoms with Crippen molar-refractivity contribution < 1.29 is 19.1 Å². The van der Waals surface area contributed by atoms with Gasteiger partial charge in [-0.1, -0.05) is 18.2 Å². The van der Waals surface area contributed by atoms with Crippen LogP contribution in [0.5, 0.6) is 5.75 Å². The van der Waals surface area contributed by atoms with Crippen LogP contribution >= 0.6 is 0 Å². The number of hydrazine groups is 1. The number of nitrogens with zero attached hydrogens (tertiary/aromatic N) is 3. The maximum atomic E-state index is 11.1. The van der Waals surface area contributed by atoms with Crippen LogP contribution in [-0.4, -0.2) is 71.3 Å². The first-order valence-electron chi connectivity index (χ1n) is 10.1. The lowest BCUT2D eigenvalue weighted by Gasteiger charge is -2.35. The number of nitrogens with one attached hydrogen (secondary N) is 1. The molecule has 1 amide bonds. The van der Waals surface area contributed by atoms with E-state index in [0.29, 0.717) is 23.8 Å². The fourth-order valence-electron chi connectivity index (χ4n) is 3.51. The summed E-state index contributed by atoms with van der Waals surface area (Å²) >= 11 is 0. The number of piperazine rings is 1. The summed E-state index contributed by atoms with van der Waals surface area (Å²) < 4.78 is 11.6. The fraction of sp³-hybridized carbons (Fsp3) is 0.364. The molecule has 8 nitrogen and oxygen atoms in total. The molecule has 2 heterocycles. The molecule has 0 saturated carbocycles. The molecule has 1 atom stereocenters. The van der Waals surface area contributed by atoms with Gasteiger partial charge in [0.05, 0.1) is 0 Å². The molecule has 158 valence electrons. The van der Waals surface area contributed by atoms with Gasteiger partial charge in [-0.25, -0.2) is 9.99 Å². The Kier molecular flexibility index (Phi) is 6.27. The minimum Gasteiger partial charge on any atom is -0.491 e. The molecule has 1 saturated heterocycles. The van der Waals surface area contributed by atoms with Gasteiger partial charge in [0.2, 0.25) is 11.8 Å². The van der Waals surface area contributed by atoms with Gasteiger partial charge in [0, 0.05) is 51.3 Å². The highest BCUT2D eigenvalue weighted by Gasteiger charge is 2.20. The quantitative estimate of drug-likeness (QED) is 0.615. The van der Waals surface area contributed by atoms with E-state index in [2.05, 4.69) is 15.3 Å². The Morgan fingerprint density at radius 2 is 1.97 bits per heavy atom. The number of β-amino-alcohol motifs (C(OH)–C–C–N with tert-alkyl or cyclic N) is 1. The number of rotatable bonds is 7. The van der Waals surface area contributed by atoms with E-state index < -0.39 is 6.10 Å². The number of oxazole rings is 1. The number of fused-ring (bicyclic) bond motifs is 1. The summed E-state index contributed by atoms with van der Waals surface area (Å²) in [5, 5.41) is 12.3. The first-order chi connectivity index (χ1) is 14.6. The summed E-state index contributed by atoms with van der Waals surface area (Å²) in [6.45, 7) is 5.26. The van der Waals surface area contributed by atoms with E-state index in [-0.39, 0.29) is 12.5 Å². The first-order valence-corrected chi connectivity index (χ1v) is 10.1. The van der Waals surface area contributed by atoms with Crippen LogP contribution in [0, 0.1) is 0 Å². The summed E-state index contributed by atoms with van der Waals surface area (Å²) in [7, 11) is 0. The van der Waals surface area contributed by atoms with E-state index in [9.17, 15) is 9.90 Å². The van der Waals surface area contributed by atoms with Gasteiger partial charge in [0.1, 0.15) is 24.0 Å². The van der Waals surface area contributed by atoms with E-state index in [1.165, 1.54) is 6.92 Å². The molecule has 1 fully saturated rings. The number of hydrogen-bond acceptors (Lipinski definition) is 7. The summed E-state index contributed by atoms with van der Waals surface area (Å²) in [4.78, 5) is 17.8. The lowest BCUT2D eigenvalue weighted by Crippen LogP contribution is -2.54. The number of aliphatic hydroxyl groups excluding tert-OH is 1. The minimum absolute atomic E-state index is 0.0585. The molecule has 0 bridgehead atoms. The largest absolute Gasteiger partial charge is 0.491 e. The van der Waals surface area contributed by atoms with Gasteiger partial charge in [-0.3, -0.25) is 15.1 Å². The number of aromatic nitrogens is 1. The van der Waals surface area contributed by atoms with Crippen molar-refractivity contribution in [3.05, 3.63) is 48.5 Å². The van der Waals surface area contributed by atoms with Crippen LogP contribution in [0.1, 0.15) is 6.92 Å². The van der Waals surface area contributed by atoms with Crippen molar-refractivity contribution in [2.45, 2.75) is 13.0 Å². The molecule has 4 rings (SSSR count). The van der Waals surface area contributed by atoms with Gasteiger partial charge < -0.3 is 14.3 Å². The van der Waals surface area contributed by atoms with E-state index in [4.69, 9.17) is 9.15 Å². The summed E-state index contributed by atoms with van der Waals surface area (Å²) in [5.41, 5.74) is 5.13.